The number of benzene rings is 2. The maximum Gasteiger partial charge on any atom is 0.287 e. The van der Waals surface area contributed by atoms with Gasteiger partial charge in [-0.2, -0.15) is 0 Å². The van der Waals surface area contributed by atoms with Crippen molar-refractivity contribution in [2.75, 3.05) is 5.32 Å². The van der Waals surface area contributed by atoms with Crippen LogP contribution in [0.4, 0.5) is 5.69 Å². The molecule has 0 atom stereocenters. The topological polar surface area (TPSA) is 89.2 Å². The second-order valence-corrected chi connectivity index (χ2v) is 7.19. The molecule has 2 aromatic heterocycles. The van der Waals surface area contributed by atoms with Gasteiger partial charge in [0.05, 0.1) is 23.8 Å². The maximum absolute atomic E-state index is 12.8. The number of nitrogens with zero attached hydrogens (tertiary/aromatic N) is 2. The van der Waals surface area contributed by atoms with Crippen molar-refractivity contribution in [3.63, 3.8) is 0 Å². The minimum atomic E-state index is -0.335. The van der Waals surface area contributed by atoms with E-state index in [1.54, 1.807) is 12.1 Å². The number of fused-ring (bicyclic) bond motifs is 1. The van der Waals surface area contributed by atoms with Gasteiger partial charge in [0, 0.05) is 5.69 Å². The van der Waals surface area contributed by atoms with Gasteiger partial charge in [-0.15, -0.1) is 0 Å². The maximum atomic E-state index is 12.8. The van der Waals surface area contributed by atoms with Gasteiger partial charge in [0.2, 0.25) is 5.91 Å². The third-order valence-corrected chi connectivity index (χ3v) is 4.69. The highest BCUT2D eigenvalue weighted by atomic mass is 16.3. The molecule has 0 aliphatic rings. The van der Waals surface area contributed by atoms with Gasteiger partial charge in [-0.3, -0.25) is 9.59 Å². The van der Waals surface area contributed by atoms with Crippen LogP contribution in [0.1, 0.15) is 27.5 Å². The van der Waals surface area contributed by atoms with E-state index in [0.717, 1.165) is 27.8 Å². The Hall–Kier alpha value is -3.87. The molecule has 0 unspecified atom stereocenters. The van der Waals surface area contributed by atoms with Crippen molar-refractivity contribution in [1.82, 2.24) is 14.9 Å². The minimum Gasteiger partial charge on any atom is -0.459 e. The molecular weight excluding hydrogens is 380 g/mol. The molecule has 0 radical (unpaired) electrons. The van der Waals surface area contributed by atoms with Crippen LogP contribution in [0.5, 0.6) is 0 Å². The van der Waals surface area contributed by atoms with Crippen LogP contribution < -0.4 is 10.6 Å². The van der Waals surface area contributed by atoms with Crippen molar-refractivity contribution >= 4 is 28.5 Å². The van der Waals surface area contributed by atoms with Crippen LogP contribution in [0.3, 0.4) is 0 Å². The molecule has 0 fully saturated rings. The summed E-state index contributed by atoms with van der Waals surface area (Å²) in [4.78, 5) is 29.6. The number of amides is 2. The first-order valence-corrected chi connectivity index (χ1v) is 9.63. The Morgan fingerprint density at radius 2 is 1.80 bits per heavy atom. The molecule has 2 amide bonds. The van der Waals surface area contributed by atoms with Crippen LogP contribution >= 0.6 is 0 Å². The van der Waals surface area contributed by atoms with E-state index in [9.17, 15) is 9.59 Å². The number of hydrogen-bond acceptors (Lipinski definition) is 4. The number of aromatic nitrogens is 2. The second-order valence-electron chi connectivity index (χ2n) is 7.19. The average Bonchev–Trinajstić information content (AvgIpc) is 3.34. The molecule has 0 spiro atoms. The summed E-state index contributed by atoms with van der Waals surface area (Å²) in [5.41, 5.74) is 4.52. The first kappa shape index (κ1) is 19.4. The van der Waals surface area contributed by atoms with Crippen LogP contribution in [0, 0.1) is 13.8 Å². The molecule has 4 rings (SSSR count). The zero-order valence-electron chi connectivity index (χ0n) is 16.8. The summed E-state index contributed by atoms with van der Waals surface area (Å²) in [5, 5.41) is 5.74. The molecule has 0 saturated carbocycles. The van der Waals surface area contributed by atoms with E-state index in [4.69, 9.17) is 4.42 Å². The number of rotatable bonds is 6. The predicted molar refractivity (Wildman–Crippen MR) is 114 cm³/mol. The van der Waals surface area contributed by atoms with Crippen molar-refractivity contribution in [1.29, 1.82) is 0 Å². The van der Waals surface area contributed by atoms with E-state index in [2.05, 4.69) is 21.7 Å². The number of furan rings is 1. The number of nitrogens with one attached hydrogen (secondary N) is 2. The molecule has 30 heavy (non-hydrogen) atoms. The molecule has 7 nitrogen and oxygen atoms in total. The molecule has 152 valence electrons. The Balaban J connectivity index is 1.55. The van der Waals surface area contributed by atoms with Gasteiger partial charge in [0.1, 0.15) is 12.4 Å². The van der Waals surface area contributed by atoms with Gasteiger partial charge in [0.25, 0.3) is 5.91 Å². The summed E-state index contributed by atoms with van der Waals surface area (Å²) in [6, 6.07) is 16.7. The van der Waals surface area contributed by atoms with E-state index >= 15 is 0 Å². The summed E-state index contributed by atoms with van der Waals surface area (Å²) < 4.78 is 6.93. The first-order chi connectivity index (χ1) is 14.5. The number of carbonyl (C=O) groups excluding carboxylic acids is 2. The Labute approximate surface area is 173 Å². The number of aryl methyl sites for hydroxylation is 2. The third kappa shape index (κ3) is 4.25. The largest absolute Gasteiger partial charge is 0.459 e. The smallest absolute Gasteiger partial charge is 0.287 e. The molecular formula is C23H22N4O3. The molecule has 0 aliphatic heterocycles. The van der Waals surface area contributed by atoms with Crippen molar-refractivity contribution in [3.05, 3.63) is 83.6 Å². The van der Waals surface area contributed by atoms with E-state index < -0.39 is 0 Å². The molecule has 2 aromatic carbocycles. The predicted octanol–water partition coefficient (Wildman–Crippen LogP) is 3.81. The van der Waals surface area contributed by atoms with Gasteiger partial charge < -0.3 is 19.6 Å². The van der Waals surface area contributed by atoms with Gasteiger partial charge in [0.15, 0.2) is 5.76 Å². The lowest BCUT2D eigenvalue weighted by Crippen LogP contribution is -2.26. The molecule has 0 aliphatic carbocycles. The number of para-hydroxylation sites is 2. The van der Waals surface area contributed by atoms with Crippen LogP contribution in [0.2, 0.25) is 0 Å². The second kappa shape index (κ2) is 8.24. The number of carbonyl (C=O) groups is 2. The van der Waals surface area contributed by atoms with E-state index in [0.29, 0.717) is 5.82 Å². The summed E-state index contributed by atoms with van der Waals surface area (Å²) in [5.74, 6) is 0.317. The van der Waals surface area contributed by atoms with Crippen molar-refractivity contribution in [3.8, 4) is 0 Å². The van der Waals surface area contributed by atoms with Gasteiger partial charge in [-0.1, -0.05) is 18.2 Å². The van der Waals surface area contributed by atoms with E-state index in [1.807, 2.05) is 54.8 Å². The van der Waals surface area contributed by atoms with Crippen molar-refractivity contribution in [2.24, 2.45) is 0 Å². The Bertz CT molecular complexity index is 1190. The van der Waals surface area contributed by atoms with Gasteiger partial charge >= 0.3 is 0 Å². The standard InChI is InChI=1S/C23H22N4O3/c1-15-10-16(2)12-17(11-15)25-22(28)14-27-19-7-4-3-6-18(19)26-21(27)13-24-23(29)20-8-5-9-30-20/h3-12H,13-14H2,1-2H3,(H,24,29)(H,25,28). The number of imidazole rings is 1. The molecule has 2 N–H and O–H groups in total. The van der Waals surface area contributed by atoms with Crippen molar-refractivity contribution in [2.45, 2.75) is 26.9 Å². The van der Waals surface area contributed by atoms with Gasteiger partial charge in [-0.25, -0.2) is 4.98 Å². The van der Waals surface area contributed by atoms with Crippen LogP contribution in [-0.2, 0) is 17.9 Å². The zero-order valence-corrected chi connectivity index (χ0v) is 16.8. The summed E-state index contributed by atoms with van der Waals surface area (Å²) >= 11 is 0. The lowest BCUT2D eigenvalue weighted by Gasteiger charge is -2.11. The molecule has 7 heteroatoms. The van der Waals surface area contributed by atoms with E-state index in [1.165, 1.54) is 6.26 Å². The monoisotopic (exact) mass is 402 g/mol. The van der Waals surface area contributed by atoms with Crippen LogP contribution in [0.25, 0.3) is 11.0 Å². The molecule has 4 aromatic rings. The highest BCUT2D eigenvalue weighted by Crippen LogP contribution is 2.18. The minimum absolute atomic E-state index is 0.0828. The Kier molecular flexibility index (Phi) is 5.34. The summed E-state index contributed by atoms with van der Waals surface area (Å²) in [6.45, 7) is 4.24. The highest BCUT2D eigenvalue weighted by molar-refractivity contribution is 5.92. The van der Waals surface area contributed by atoms with Crippen molar-refractivity contribution < 1.29 is 14.0 Å². The fourth-order valence-electron chi connectivity index (χ4n) is 3.48. The normalized spacial score (nSPS) is 10.9. The number of anilines is 1. The van der Waals surface area contributed by atoms with Gasteiger partial charge in [-0.05, 0) is 61.4 Å². The Morgan fingerprint density at radius 3 is 2.53 bits per heavy atom. The average molecular weight is 402 g/mol. The van der Waals surface area contributed by atoms with Crippen LogP contribution in [0.15, 0.2) is 65.3 Å². The first-order valence-electron chi connectivity index (χ1n) is 9.63. The fraction of sp³-hybridized carbons (Fsp3) is 0.174. The number of hydrogen-bond donors (Lipinski definition) is 2. The Morgan fingerprint density at radius 1 is 1.03 bits per heavy atom. The molecule has 0 saturated heterocycles. The molecule has 0 bridgehead atoms. The summed E-state index contributed by atoms with van der Waals surface area (Å²) in [7, 11) is 0. The lowest BCUT2D eigenvalue weighted by molar-refractivity contribution is -0.116. The molecule has 2 heterocycles. The zero-order chi connectivity index (χ0) is 21.1. The lowest BCUT2D eigenvalue weighted by atomic mass is 10.1. The summed E-state index contributed by atoms with van der Waals surface area (Å²) in [6.07, 6.45) is 1.45. The highest BCUT2D eigenvalue weighted by Gasteiger charge is 2.16. The SMILES string of the molecule is Cc1cc(C)cc(NC(=O)Cn2c(CNC(=O)c3ccco3)nc3ccccc32)c1. The third-order valence-electron chi connectivity index (χ3n) is 4.69. The van der Waals surface area contributed by atoms with Crippen LogP contribution in [-0.4, -0.2) is 21.4 Å². The fourth-order valence-corrected chi connectivity index (χ4v) is 3.48. The quantitative estimate of drug-likeness (QED) is 0.513. The van der Waals surface area contributed by atoms with E-state index in [-0.39, 0.29) is 30.7 Å².